The molecule has 0 spiro atoms. The molecule has 0 aromatic heterocycles. The Kier molecular flexibility index (Phi) is 5.86. The van der Waals surface area contributed by atoms with Gasteiger partial charge in [0.1, 0.15) is 12.4 Å². The Hall–Kier alpha value is -1.98. The van der Waals surface area contributed by atoms with Crippen molar-refractivity contribution in [3.63, 3.8) is 0 Å². The molecule has 22 heavy (non-hydrogen) atoms. The molecule has 1 unspecified atom stereocenters. The summed E-state index contributed by atoms with van der Waals surface area (Å²) in [5, 5.41) is 12.5. The number of halogens is 2. The van der Waals surface area contributed by atoms with Crippen LogP contribution in [0.2, 0.25) is 0 Å². The van der Waals surface area contributed by atoms with Crippen molar-refractivity contribution >= 4 is 0 Å². The highest BCUT2D eigenvalue weighted by molar-refractivity contribution is 5.26. The second kappa shape index (κ2) is 7.87. The summed E-state index contributed by atoms with van der Waals surface area (Å²) in [5.74, 6) is -1.52. The maximum atomic E-state index is 13.1. The highest BCUT2D eigenvalue weighted by Crippen LogP contribution is 2.15. The molecule has 118 valence electrons. The lowest BCUT2D eigenvalue weighted by atomic mass is 10.1. The maximum Gasteiger partial charge on any atom is 0.162 e. The van der Waals surface area contributed by atoms with Gasteiger partial charge >= 0.3 is 0 Å². The molecule has 0 aliphatic carbocycles. The van der Waals surface area contributed by atoms with Crippen LogP contribution in [-0.2, 0) is 13.2 Å². The maximum absolute atomic E-state index is 13.1. The lowest BCUT2D eigenvalue weighted by Crippen LogP contribution is -2.31. The van der Waals surface area contributed by atoms with Gasteiger partial charge in [0.15, 0.2) is 11.6 Å². The summed E-state index contributed by atoms with van der Waals surface area (Å²) < 4.78 is 31.3. The molecule has 2 aromatic rings. The number of aliphatic hydroxyl groups excluding tert-OH is 1. The molecule has 0 saturated heterocycles. The first kappa shape index (κ1) is 16.4. The average Bonchev–Trinajstić information content (AvgIpc) is 2.54. The van der Waals surface area contributed by atoms with Gasteiger partial charge < -0.3 is 15.2 Å². The van der Waals surface area contributed by atoms with Gasteiger partial charge in [0.2, 0.25) is 0 Å². The van der Waals surface area contributed by atoms with Crippen molar-refractivity contribution in [1.82, 2.24) is 5.32 Å². The van der Waals surface area contributed by atoms with Crippen LogP contribution in [0.25, 0.3) is 0 Å². The number of hydrogen-bond donors (Lipinski definition) is 2. The third kappa shape index (κ3) is 4.51. The van der Waals surface area contributed by atoms with Crippen molar-refractivity contribution in [2.24, 2.45) is 0 Å². The van der Waals surface area contributed by atoms with E-state index >= 15 is 0 Å². The van der Waals surface area contributed by atoms with Crippen LogP contribution in [0.15, 0.2) is 42.5 Å². The Morgan fingerprint density at radius 2 is 1.82 bits per heavy atom. The van der Waals surface area contributed by atoms with E-state index in [1.54, 1.807) is 0 Å². The molecule has 0 heterocycles. The summed E-state index contributed by atoms with van der Waals surface area (Å²) in [7, 11) is 0. The van der Waals surface area contributed by atoms with E-state index in [1.807, 2.05) is 31.2 Å². The number of ether oxygens (including phenoxy) is 1. The van der Waals surface area contributed by atoms with Crippen LogP contribution >= 0.6 is 0 Å². The van der Waals surface area contributed by atoms with Crippen LogP contribution in [-0.4, -0.2) is 17.8 Å². The van der Waals surface area contributed by atoms with Crippen molar-refractivity contribution in [2.75, 3.05) is 6.61 Å². The van der Waals surface area contributed by atoms with E-state index in [4.69, 9.17) is 4.74 Å². The van der Waals surface area contributed by atoms with Gasteiger partial charge in [-0.05, 0) is 30.2 Å². The van der Waals surface area contributed by atoms with Gasteiger partial charge in [0.05, 0.1) is 6.61 Å². The highest BCUT2D eigenvalue weighted by atomic mass is 19.2. The Bertz CT molecular complexity index is 619. The van der Waals surface area contributed by atoms with E-state index in [0.717, 1.165) is 23.3 Å². The SMILES string of the molecule is CC(COc1ccc(F)c(F)c1)NCc1ccccc1CO. The number of nitrogens with one attached hydrogen (secondary N) is 1. The number of rotatable bonds is 7. The molecule has 2 aromatic carbocycles. The standard InChI is InChI=1S/C17H19F2NO2/c1-12(11-22-15-6-7-16(18)17(19)8-15)20-9-13-4-2-3-5-14(13)10-21/h2-8,12,20-21H,9-11H2,1H3. The van der Waals surface area contributed by atoms with E-state index in [-0.39, 0.29) is 12.6 Å². The van der Waals surface area contributed by atoms with E-state index in [2.05, 4.69) is 5.32 Å². The molecule has 0 radical (unpaired) electrons. The van der Waals surface area contributed by atoms with Gasteiger partial charge in [-0.25, -0.2) is 8.78 Å². The first-order chi connectivity index (χ1) is 10.6. The summed E-state index contributed by atoms with van der Waals surface area (Å²) in [4.78, 5) is 0. The summed E-state index contributed by atoms with van der Waals surface area (Å²) in [5.41, 5.74) is 1.90. The van der Waals surface area contributed by atoms with Crippen molar-refractivity contribution in [3.8, 4) is 5.75 Å². The molecule has 5 heteroatoms. The van der Waals surface area contributed by atoms with Crippen LogP contribution in [0.3, 0.4) is 0 Å². The zero-order valence-corrected chi connectivity index (χ0v) is 12.4. The van der Waals surface area contributed by atoms with E-state index in [1.165, 1.54) is 6.07 Å². The van der Waals surface area contributed by atoms with Crippen LogP contribution in [0.5, 0.6) is 5.75 Å². The van der Waals surface area contributed by atoms with Crippen LogP contribution < -0.4 is 10.1 Å². The fourth-order valence-corrected chi connectivity index (χ4v) is 2.02. The number of benzene rings is 2. The second-order valence-electron chi connectivity index (χ2n) is 5.10. The number of hydrogen-bond acceptors (Lipinski definition) is 3. The monoisotopic (exact) mass is 307 g/mol. The quantitative estimate of drug-likeness (QED) is 0.826. The zero-order valence-electron chi connectivity index (χ0n) is 12.4. The van der Waals surface area contributed by atoms with Gasteiger partial charge in [0.25, 0.3) is 0 Å². The fourth-order valence-electron chi connectivity index (χ4n) is 2.02. The highest BCUT2D eigenvalue weighted by Gasteiger charge is 2.07. The van der Waals surface area contributed by atoms with Crippen LogP contribution in [0.4, 0.5) is 8.78 Å². The normalized spacial score (nSPS) is 12.2. The van der Waals surface area contributed by atoms with Gasteiger partial charge in [-0.1, -0.05) is 24.3 Å². The molecule has 2 rings (SSSR count). The van der Waals surface area contributed by atoms with E-state index in [9.17, 15) is 13.9 Å². The predicted molar refractivity (Wildman–Crippen MR) is 80.5 cm³/mol. The molecule has 3 nitrogen and oxygen atoms in total. The molecule has 0 bridgehead atoms. The number of aliphatic hydroxyl groups is 1. The molecule has 0 amide bonds. The average molecular weight is 307 g/mol. The summed E-state index contributed by atoms with van der Waals surface area (Å²) in [6.45, 7) is 2.85. The summed E-state index contributed by atoms with van der Waals surface area (Å²) in [6.07, 6.45) is 0. The Balaban J connectivity index is 1.82. The molecule has 1 atom stereocenters. The minimum Gasteiger partial charge on any atom is -0.492 e. The van der Waals surface area contributed by atoms with Crippen molar-refractivity contribution in [3.05, 3.63) is 65.2 Å². The first-order valence-corrected chi connectivity index (χ1v) is 7.09. The minimum absolute atomic E-state index is 0.00239. The molecular formula is C17H19F2NO2. The van der Waals surface area contributed by atoms with Gasteiger partial charge in [-0.3, -0.25) is 0 Å². The molecule has 0 saturated carbocycles. The lowest BCUT2D eigenvalue weighted by molar-refractivity contribution is 0.268. The summed E-state index contributed by atoms with van der Waals surface area (Å²) >= 11 is 0. The van der Waals surface area contributed by atoms with Crippen molar-refractivity contribution in [1.29, 1.82) is 0 Å². The van der Waals surface area contributed by atoms with Gasteiger partial charge in [-0.2, -0.15) is 0 Å². The Labute approximate surface area is 128 Å². The van der Waals surface area contributed by atoms with E-state index < -0.39 is 11.6 Å². The smallest absolute Gasteiger partial charge is 0.162 e. The topological polar surface area (TPSA) is 41.5 Å². The minimum atomic E-state index is -0.921. The first-order valence-electron chi connectivity index (χ1n) is 7.09. The summed E-state index contributed by atoms with van der Waals surface area (Å²) in [6, 6.07) is 11.1. The van der Waals surface area contributed by atoms with Gasteiger partial charge in [-0.15, -0.1) is 0 Å². The van der Waals surface area contributed by atoms with Crippen LogP contribution in [0, 0.1) is 11.6 Å². The largest absolute Gasteiger partial charge is 0.492 e. The predicted octanol–water partition coefficient (Wildman–Crippen LogP) is 3.01. The van der Waals surface area contributed by atoms with E-state index in [0.29, 0.717) is 18.9 Å². The fraction of sp³-hybridized carbons (Fsp3) is 0.294. The molecular weight excluding hydrogens is 288 g/mol. The lowest BCUT2D eigenvalue weighted by Gasteiger charge is -2.16. The Morgan fingerprint density at radius 1 is 1.09 bits per heavy atom. The third-order valence-corrected chi connectivity index (χ3v) is 3.32. The van der Waals surface area contributed by atoms with Crippen LogP contribution in [0.1, 0.15) is 18.1 Å². The third-order valence-electron chi connectivity index (χ3n) is 3.32. The second-order valence-corrected chi connectivity index (χ2v) is 5.10. The Morgan fingerprint density at radius 3 is 2.50 bits per heavy atom. The molecule has 0 aliphatic heterocycles. The molecule has 0 aliphatic rings. The van der Waals surface area contributed by atoms with Crippen molar-refractivity contribution < 1.29 is 18.6 Å². The van der Waals surface area contributed by atoms with Crippen molar-refractivity contribution in [2.45, 2.75) is 26.1 Å². The molecule has 2 N–H and O–H groups in total. The molecule has 0 fully saturated rings. The zero-order chi connectivity index (χ0) is 15.9. The van der Waals surface area contributed by atoms with Gasteiger partial charge in [0, 0.05) is 18.7 Å².